The molecule has 1 aliphatic heterocycles. The van der Waals surface area contributed by atoms with Gasteiger partial charge in [-0.25, -0.2) is 4.79 Å². The molecule has 126 valence electrons. The van der Waals surface area contributed by atoms with Crippen molar-refractivity contribution in [2.45, 2.75) is 13.5 Å². The summed E-state index contributed by atoms with van der Waals surface area (Å²) in [5.41, 5.74) is 1.55. The monoisotopic (exact) mass is 368 g/mol. The van der Waals surface area contributed by atoms with Gasteiger partial charge in [-0.05, 0) is 48.4 Å². The molecule has 3 rings (SSSR count). The van der Waals surface area contributed by atoms with Gasteiger partial charge in [0.1, 0.15) is 12.4 Å². The highest BCUT2D eigenvalue weighted by Crippen LogP contribution is 2.39. The van der Waals surface area contributed by atoms with Crippen LogP contribution in [0.1, 0.15) is 11.1 Å². The zero-order chi connectivity index (χ0) is 17.1. The maximum absolute atomic E-state index is 11.8. The van der Waals surface area contributed by atoms with E-state index >= 15 is 0 Å². The molecule has 0 fully saturated rings. The molecule has 0 N–H and O–H groups in total. The van der Waals surface area contributed by atoms with Gasteiger partial charge in [0.25, 0.3) is 0 Å². The number of rotatable bonds is 5. The topological polar surface area (TPSA) is 54.0 Å². The molecule has 2 aromatic rings. The number of fused-ring (bicyclic) bond motifs is 1. The molecule has 0 aliphatic carbocycles. The summed E-state index contributed by atoms with van der Waals surface area (Å²) in [4.78, 5) is 11.8. The second-order valence-corrected chi connectivity index (χ2v) is 6.01. The first-order valence-corrected chi connectivity index (χ1v) is 7.91. The van der Waals surface area contributed by atoms with E-state index in [1.165, 1.54) is 0 Å². The van der Waals surface area contributed by atoms with Gasteiger partial charge >= 0.3 is 5.97 Å². The van der Waals surface area contributed by atoms with Gasteiger partial charge in [-0.1, -0.05) is 23.2 Å². The number of aryl methyl sites for hydroxylation is 1. The van der Waals surface area contributed by atoms with Crippen molar-refractivity contribution in [3.05, 3.63) is 51.5 Å². The average Bonchev–Trinajstić information content (AvgIpc) is 3.01. The van der Waals surface area contributed by atoms with Crippen LogP contribution in [0.4, 0.5) is 0 Å². The van der Waals surface area contributed by atoms with Gasteiger partial charge in [-0.15, -0.1) is 0 Å². The first kappa shape index (κ1) is 16.7. The van der Waals surface area contributed by atoms with Gasteiger partial charge < -0.3 is 18.9 Å². The van der Waals surface area contributed by atoms with E-state index in [9.17, 15) is 4.79 Å². The summed E-state index contributed by atoms with van der Waals surface area (Å²) in [5.74, 6) is 1.15. The Morgan fingerprint density at radius 1 is 1.21 bits per heavy atom. The fourth-order valence-corrected chi connectivity index (χ4v) is 2.74. The molecule has 1 heterocycles. The molecule has 0 atom stereocenters. The Labute approximate surface area is 149 Å². The maximum Gasteiger partial charge on any atom is 0.344 e. The minimum Gasteiger partial charge on any atom is -0.482 e. The predicted octanol–water partition coefficient (Wildman–Crippen LogP) is 4.15. The van der Waals surface area contributed by atoms with E-state index in [1.54, 1.807) is 30.3 Å². The Balaban J connectivity index is 1.53. The number of esters is 1. The zero-order valence-corrected chi connectivity index (χ0v) is 14.3. The highest BCUT2D eigenvalue weighted by molar-refractivity contribution is 6.32. The van der Waals surface area contributed by atoms with Crippen molar-refractivity contribution in [3.63, 3.8) is 0 Å². The third-order valence-corrected chi connectivity index (χ3v) is 3.89. The molecule has 1 aliphatic rings. The van der Waals surface area contributed by atoms with Crippen LogP contribution in [0, 0.1) is 6.92 Å². The van der Waals surface area contributed by atoms with Crippen molar-refractivity contribution in [3.8, 4) is 17.2 Å². The smallest absolute Gasteiger partial charge is 0.344 e. The maximum atomic E-state index is 11.8. The van der Waals surface area contributed by atoms with E-state index in [2.05, 4.69) is 0 Å². The number of carbonyl (C=O) groups is 1. The van der Waals surface area contributed by atoms with E-state index < -0.39 is 5.97 Å². The molecule has 0 saturated heterocycles. The molecular weight excluding hydrogens is 355 g/mol. The Bertz CT molecular complexity index is 776. The summed E-state index contributed by atoms with van der Waals surface area (Å²) < 4.78 is 21.1. The van der Waals surface area contributed by atoms with Crippen molar-refractivity contribution in [2.75, 3.05) is 13.4 Å². The van der Waals surface area contributed by atoms with E-state index in [0.717, 1.165) is 5.56 Å². The molecule has 7 heteroatoms. The van der Waals surface area contributed by atoms with E-state index in [0.29, 0.717) is 32.9 Å². The molecule has 0 amide bonds. The standard InChI is InChI=1S/C17H14Cl2O5/c1-10-4-12(18)2-3-14(10)21-8-16(20)22-7-11-5-13(19)17-15(6-11)23-9-24-17/h2-6H,7-9H2,1H3. The van der Waals surface area contributed by atoms with Crippen LogP contribution in [0.3, 0.4) is 0 Å². The highest BCUT2D eigenvalue weighted by Gasteiger charge is 2.18. The Morgan fingerprint density at radius 2 is 2.04 bits per heavy atom. The Hall–Kier alpha value is -2.11. The lowest BCUT2D eigenvalue weighted by atomic mass is 10.2. The van der Waals surface area contributed by atoms with Gasteiger partial charge in [0.2, 0.25) is 6.79 Å². The largest absolute Gasteiger partial charge is 0.482 e. The summed E-state index contributed by atoms with van der Waals surface area (Å²) in [6.07, 6.45) is 0. The molecule has 2 aromatic carbocycles. The van der Waals surface area contributed by atoms with Crippen molar-refractivity contribution >= 4 is 29.2 Å². The van der Waals surface area contributed by atoms with Gasteiger partial charge in [0, 0.05) is 5.02 Å². The highest BCUT2D eigenvalue weighted by atomic mass is 35.5. The molecule has 0 radical (unpaired) electrons. The first-order valence-electron chi connectivity index (χ1n) is 7.15. The second kappa shape index (κ2) is 7.20. The van der Waals surface area contributed by atoms with Crippen LogP contribution >= 0.6 is 23.2 Å². The third kappa shape index (κ3) is 3.86. The molecule has 0 spiro atoms. The van der Waals surface area contributed by atoms with Crippen LogP contribution in [0.25, 0.3) is 0 Å². The van der Waals surface area contributed by atoms with Crippen LogP contribution in [-0.2, 0) is 16.1 Å². The fraction of sp³-hybridized carbons (Fsp3) is 0.235. The molecule has 0 unspecified atom stereocenters. The number of ether oxygens (including phenoxy) is 4. The average molecular weight is 369 g/mol. The molecule has 0 bridgehead atoms. The molecule has 0 aromatic heterocycles. The van der Waals surface area contributed by atoms with Gasteiger partial charge in [0.15, 0.2) is 18.1 Å². The minimum atomic E-state index is -0.488. The van der Waals surface area contributed by atoms with Gasteiger partial charge in [-0.3, -0.25) is 0 Å². The fourth-order valence-electron chi connectivity index (χ4n) is 2.22. The second-order valence-electron chi connectivity index (χ2n) is 5.17. The van der Waals surface area contributed by atoms with E-state index in [4.69, 9.17) is 42.1 Å². The Kier molecular flexibility index (Phi) is 5.02. The molecular formula is C17H14Cl2O5. The third-order valence-electron chi connectivity index (χ3n) is 3.37. The van der Waals surface area contributed by atoms with Crippen molar-refractivity contribution in [1.29, 1.82) is 0 Å². The van der Waals surface area contributed by atoms with Crippen LogP contribution in [0.2, 0.25) is 10.0 Å². The number of hydrogen-bond acceptors (Lipinski definition) is 5. The molecule has 24 heavy (non-hydrogen) atoms. The zero-order valence-electron chi connectivity index (χ0n) is 12.8. The summed E-state index contributed by atoms with van der Waals surface area (Å²) in [7, 11) is 0. The number of hydrogen-bond donors (Lipinski definition) is 0. The van der Waals surface area contributed by atoms with E-state index in [-0.39, 0.29) is 20.0 Å². The summed E-state index contributed by atoms with van der Waals surface area (Å²) >= 11 is 12.0. The van der Waals surface area contributed by atoms with Crippen molar-refractivity contribution < 1.29 is 23.7 Å². The quantitative estimate of drug-likeness (QED) is 0.741. The number of benzene rings is 2. The normalized spacial score (nSPS) is 12.1. The lowest BCUT2D eigenvalue weighted by molar-refractivity contribution is -0.147. The van der Waals surface area contributed by atoms with Crippen molar-refractivity contribution in [1.82, 2.24) is 0 Å². The number of carbonyl (C=O) groups excluding carboxylic acids is 1. The van der Waals surface area contributed by atoms with Gasteiger partial charge in [-0.2, -0.15) is 0 Å². The first-order chi connectivity index (χ1) is 11.5. The number of halogens is 2. The van der Waals surface area contributed by atoms with Crippen LogP contribution in [0.5, 0.6) is 17.2 Å². The van der Waals surface area contributed by atoms with E-state index in [1.807, 2.05) is 6.92 Å². The minimum absolute atomic E-state index is 0.0676. The molecule has 5 nitrogen and oxygen atoms in total. The summed E-state index contributed by atoms with van der Waals surface area (Å²) in [6.45, 7) is 1.85. The summed E-state index contributed by atoms with van der Waals surface area (Å²) in [5, 5.41) is 1.03. The lowest BCUT2D eigenvalue weighted by Crippen LogP contribution is -2.15. The SMILES string of the molecule is Cc1cc(Cl)ccc1OCC(=O)OCc1cc(Cl)c2c(c1)OCO2. The van der Waals surface area contributed by atoms with Crippen LogP contribution in [0.15, 0.2) is 30.3 Å². The van der Waals surface area contributed by atoms with Gasteiger partial charge in [0.05, 0.1) is 5.02 Å². The lowest BCUT2D eigenvalue weighted by Gasteiger charge is -2.10. The molecule has 0 saturated carbocycles. The predicted molar refractivity (Wildman–Crippen MR) is 89.1 cm³/mol. The van der Waals surface area contributed by atoms with Crippen molar-refractivity contribution in [2.24, 2.45) is 0 Å². The van der Waals surface area contributed by atoms with Crippen LogP contribution in [-0.4, -0.2) is 19.4 Å². The Morgan fingerprint density at radius 3 is 2.83 bits per heavy atom. The van der Waals surface area contributed by atoms with Crippen LogP contribution < -0.4 is 14.2 Å². The summed E-state index contributed by atoms with van der Waals surface area (Å²) in [6, 6.07) is 8.57.